The fraction of sp³-hybridized carbons (Fsp3) is 0.154. The first-order valence-electron chi connectivity index (χ1n) is 10.7. The van der Waals surface area contributed by atoms with E-state index in [9.17, 15) is 19.5 Å². The molecule has 1 aliphatic heterocycles. The Morgan fingerprint density at radius 1 is 1.06 bits per heavy atom. The number of pyridine rings is 1. The average Bonchev–Trinajstić information content (AvgIpc) is 3.13. The van der Waals surface area contributed by atoms with Gasteiger partial charge in [0.2, 0.25) is 0 Å². The summed E-state index contributed by atoms with van der Waals surface area (Å²) in [5.74, 6) is -2.49. The molecule has 1 saturated heterocycles. The minimum atomic E-state index is -0.974. The van der Waals surface area contributed by atoms with Gasteiger partial charge in [-0.15, -0.1) is 0 Å². The van der Waals surface area contributed by atoms with Gasteiger partial charge < -0.3 is 9.84 Å². The third-order valence-electron chi connectivity index (χ3n) is 5.33. The number of carbonyl (C=O) groups is 3. The van der Waals surface area contributed by atoms with Gasteiger partial charge in [-0.2, -0.15) is 0 Å². The van der Waals surface area contributed by atoms with Crippen molar-refractivity contribution in [3.05, 3.63) is 100 Å². The normalized spacial score (nSPS) is 17.1. The van der Waals surface area contributed by atoms with E-state index < -0.39 is 23.7 Å². The highest BCUT2D eigenvalue weighted by atomic mass is 35.5. The summed E-state index contributed by atoms with van der Waals surface area (Å²) >= 11 is 6.06. The van der Waals surface area contributed by atoms with Gasteiger partial charge in [0, 0.05) is 22.5 Å². The Labute approximate surface area is 201 Å². The zero-order chi connectivity index (χ0) is 24.2. The highest BCUT2D eigenvalue weighted by Gasteiger charge is 2.47. The quantitative estimate of drug-likeness (QED) is 0.234. The maximum atomic E-state index is 13.1. The molecule has 172 valence electrons. The number of rotatable bonds is 6. The molecule has 0 radical (unpaired) electrons. The molecule has 1 fully saturated rings. The molecule has 1 aliphatic rings. The number of esters is 1. The van der Waals surface area contributed by atoms with E-state index in [0.717, 1.165) is 0 Å². The predicted octanol–water partition coefficient (Wildman–Crippen LogP) is 4.93. The molecule has 3 aromatic rings. The SMILES string of the molecule is CCCOC(=O)c1ccc(N2C(=O)C(=O)/C(=C(/O)c3cccc(Cl)c3)C2c2ccccn2)cc1. The molecule has 0 spiro atoms. The Balaban J connectivity index is 1.81. The number of hydrogen-bond donors (Lipinski definition) is 1. The van der Waals surface area contributed by atoms with Crippen LogP contribution in [0.25, 0.3) is 5.76 Å². The molecular weight excluding hydrogens is 456 g/mol. The van der Waals surface area contributed by atoms with Crippen LogP contribution in [0.1, 0.15) is 41.0 Å². The second kappa shape index (κ2) is 9.89. The van der Waals surface area contributed by atoms with E-state index in [1.807, 2.05) is 6.92 Å². The number of benzene rings is 2. The van der Waals surface area contributed by atoms with Gasteiger partial charge >= 0.3 is 5.97 Å². The van der Waals surface area contributed by atoms with Crippen molar-refractivity contribution in [3.8, 4) is 0 Å². The van der Waals surface area contributed by atoms with Crippen LogP contribution in [0, 0.1) is 0 Å². The summed E-state index contributed by atoms with van der Waals surface area (Å²) in [7, 11) is 0. The third-order valence-corrected chi connectivity index (χ3v) is 5.56. The Bertz CT molecular complexity index is 1270. The number of Topliss-reactive ketones (excluding diaryl/α,β-unsaturated/α-hetero) is 1. The molecule has 0 bridgehead atoms. The van der Waals surface area contributed by atoms with Gasteiger partial charge in [-0.3, -0.25) is 19.5 Å². The van der Waals surface area contributed by atoms with Crippen LogP contribution in [0.3, 0.4) is 0 Å². The number of ether oxygens (including phenoxy) is 1. The Hall–Kier alpha value is -3.97. The van der Waals surface area contributed by atoms with Gasteiger partial charge in [-0.1, -0.05) is 36.7 Å². The van der Waals surface area contributed by atoms with Crippen LogP contribution in [0.15, 0.2) is 78.5 Å². The van der Waals surface area contributed by atoms with E-state index in [4.69, 9.17) is 16.3 Å². The molecular formula is C26H21ClN2O5. The number of halogens is 1. The van der Waals surface area contributed by atoms with Crippen LogP contribution in [0.4, 0.5) is 5.69 Å². The van der Waals surface area contributed by atoms with Crippen LogP contribution >= 0.6 is 11.6 Å². The van der Waals surface area contributed by atoms with Crippen molar-refractivity contribution in [1.29, 1.82) is 0 Å². The number of anilines is 1. The average molecular weight is 477 g/mol. The second-order valence-electron chi connectivity index (χ2n) is 7.62. The molecule has 2 aromatic carbocycles. The summed E-state index contributed by atoms with van der Waals surface area (Å²) in [5, 5.41) is 11.4. The van der Waals surface area contributed by atoms with Crippen LogP contribution in [0.2, 0.25) is 5.02 Å². The van der Waals surface area contributed by atoms with Gasteiger partial charge in [-0.25, -0.2) is 4.79 Å². The Morgan fingerprint density at radius 3 is 2.47 bits per heavy atom. The predicted molar refractivity (Wildman–Crippen MR) is 127 cm³/mol. The summed E-state index contributed by atoms with van der Waals surface area (Å²) < 4.78 is 5.14. The molecule has 4 rings (SSSR count). The summed E-state index contributed by atoms with van der Waals surface area (Å²) in [6.45, 7) is 2.20. The molecule has 34 heavy (non-hydrogen) atoms. The Kier molecular flexibility index (Phi) is 6.75. The molecule has 1 atom stereocenters. The fourth-order valence-electron chi connectivity index (χ4n) is 3.74. The zero-order valence-electron chi connectivity index (χ0n) is 18.3. The van der Waals surface area contributed by atoms with Crippen LogP contribution in [0.5, 0.6) is 0 Å². The summed E-state index contributed by atoms with van der Waals surface area (Å²) in [6, 6.07) is 16.7. The van der Waals surface area contributed by atoms with Crippen LogP contribution in [-0.4, -0.2) is 34.4 Å². The molecule has 0 aliphatic carbocycles. The topological polar surface area (TPSA) is 96.8 Å². The molecule has 8 heteroatoms. The van der Waals surface area contributed by atoms with Crippen molar-refractivity contribution < 1.29 is 24.2 Å². The first kappa shape index (κ1) is 23.2. The van der Waals surface area contributed by atoms with E-state index >= 15 is 0 Å². The second-order valence-corrected chi connectivity index (χ2v) is 8.05. The fourth-order valence-corrected chi connectivity index (χ4v) is 3.93. The maximum Gasteiger partial charge on any atom is 0.338 e. The number of aromatic nitrogens is 1. The number of nitrogens with zero attached hydrogens (tertiary/aromatic N) is 2. The van der Waals surface area contributed by atoms with Crippen molar-refractivity contribution in [2.24, 2.45) is 0 Å². The van der Waals surface area contributed by atoms with E-state index in [1.165, 1.54) is 23.1 Å². The van der Waals surface area contributed by atoms with Gasteiger partial charge in [0.15, 0.2) is 0 Å². The minimum Gasteiger partial charge on any atom is -0.507 e. The first-order valence-corrected chi connectivity index (χ1v) is 11.0. The van der Waals surface area contributed by atoms with E-state index in [0.29, 0.717) is 40.6 Å². The number of amides is 1. The van der Waals surface area contributed by atoms with Crippen LogP contribution < -0.4 is 4.90 Å². The molecule has 0 saturated carbocycles. The van der Waals surface area contributed by atoms with E-state index in [2.05, 4.69) is 4.98 Å². The smallest absolute Gasteiger partial charge is 0.338 e. The molecule has 1 amide bonds. The summed E-state index contributed by atoms with van der Waals surface area (Å²) in [5.41, 5.74) is 1.30. The molecule has 1 N–H and O–H groups in total. The highest BCUT2D eigenvalue weighted by molar-refractivity contribution is 6.51. The standard InChI is InChI=1S/C26H21ClN2O5/c1-2-14-34-26(33)16-9-11-19(12-10-16)29-22(20-8-3-4-13-28-20)21(24(31)25(29)32)23(30)17-6-5-7-18(27)15-17/h3-13,15,22,30H,2,14H2,1H3/b23-21+. The van der Waals surface area contributed by atoms with E-state index in [-0.39, 0.29) is 11.3 Å². The molecule has 1 aromatic heterocycles. The molecule has 1 unspecified atom stereocenters. The maximum absolute atomic E-state index is 13.1. The number of hydrogen-bond acceptors (Lipinski definition) is 6. The summed E-state index contributed by atoms with van der Waals surface area (Å²) in [4.78, 5) is 44.0. The number of carbonyl (C=O) groups excluding carboxylic acids is 3. The highest BCUT2D eigenvalue weighted by Crippen LogP contribution is 2.41. The summed E-state index contributed by atoms with van der Waals surface area (Å²) in [6.07, 6.45) is 2.24. The van der Waals surface area contributed by atoms with Crippen LogP contribution in [-0.2, 0) is 14.3 Å². The number of aliphatic hydroxyl groups is 1. The van der Waals surface area contributed by atoms with Gasteiger partial charge in [0.25, 0.3) is 11.7 Å². The lowest BCUT2D eigenvalue weighted by molar-refractivity contribution is -0.132. The first-order chi connectivity index (χ1) is 16.4. The van der Waals surface area contributed by atoms with Gasteiger partial charge in [0.1, 0.15) is 11.8 Å². The third kappa shape index (κ3) is 4.43. The largest absolute Gasteiger partial charge is 0.507 e. The zero-order valence-corrected chi connectivity index (χ0v) is 19.0. The van der Waals surface area contributed by atoms with Gasteiger partial charge in [0.05, 0.1) is 23.4 Å². The van der Waals surface area contributed by atoms with Crippen molar-refractivity contribution in [2.75, 3.05) is 11.5 Å². The number of ketones is 1. The van der Waals surface area contributed by atoms with Crippen molar-refractivity contribution in [2.45, 2.75) is 19.4 Å². The van der Waals surface area contributed by atoms with Crippen molar-refractivity contribution >= 4 is 40.7 Å². The lowest BCUT2D eigenvalue weighted by atomic mass is 9.98. The van der Waals surface area contributed by atoms with Gasteiger partial charge in [-0.05, 0) is 55.0 Å². The molecule has 2 heterocycles. The van der Waals surface area contributed by atoms with E-state index in [1.54, 1.807) is 54.7 Å². The lowest BCUT2D eigenvalue weighted by Gasteiger charge is -2.24. The number of aliphatic hydroxyl groups excluding tert-OH is 1. The minimum absolute atomic E-state index is 0.0996. The van der Waals surface area contributed by atoms with Crippen molar-refractivity contribution in [3.63, 3.8) is 0 Å². The lowest BCUT2D eigenvalue weighted by Crippen LogP contribution is -2.29. The monoisotopic (exact) mass is 476 g/mol. The Morgan fingerprint density at radius 2 is 1.82 bits per heavy atom. The molecule has 7 nitrogen and oxygen atoms in total. The van der Waals surface area contributed by atoms with Crippen molar-refractivity contribution in [1.82, 2.24) is 4.98 Å².